The van der Waals surface area contributed by atoms with Gasteiger partial charge in [-0.3, -0.25) is 4.79 Å². The van der Waals surface area contributed by atoms with E-state index in [1.807, 2.05) is 0 Å². The van der Waals surface area contributed by atoms with Crippen LogP contribution in [0.3, 0.4) is 0 Å². The Morgan fingerprint density at radius 2 is 2.18 bits per heavy atom. The summed E-state index contributed by atoms with van der Waals surface area (Å²) < 4.78 is 4.96. The summed E-state index contributed by atoms with van der Waals surface area (Å²) in [4.78, 5) is 26.3. The van der Waals surface area contributed by atoms with Gasteiger partial charge >= 0.3 is 6.09 Å². The van der Waals surface area contributed by atoms with Gasteiger partial charge in [0.25, 0.3) is 0 Å². The number of thiazole rings is 1. The van der Waals surface area contributed by atoms with Crippen molar-refractivity contribution in [2.45, 2.75) is 39.2 Å². The van der Waals surface area contributed by atoms with E-state index in [1.54, 1.807) is 26.2 Å². The highest BCUT2D eigenvalue weighted by molar-refractivity contribution is 7.09. The second-order valence-electron chi connectivity index (χ2n) is 4.26. The number of amides is 1. The normalized spacial score (nSPS) is 11.2. The lowest BCUT2D eigenvalue weighted by molar-refractivity contribution is 0.0459. The summed E-state index contributed by atoms with van der Waals surface area (Å²) in [5.41, 5.74) is 4.74. The predicted molar refractivity (Wildman–Crippen MR) is 65.2 cm³/mol. The van der Waals surface area contributed by atoms with E-state index in [9.17, 15) is 9.59 Å². The summed E-state index contributed by atoms with van der Waals surface area (Å²) in [6.45, 7) is 5.29. The van der Waals surface area contributed by atoms with Gasteiger partial charge in [0.2, 0.25) is 0 Å². The van der Waals surface area contributed by atoms with E-state index in [0.29, 0.717) is 18.5 Å². The first-order valence-electron chi connectivity index (χ1n) is 5.30. The van der Waals surface area contributed by atoms with Gasteiger partial charge in [-0.1, -0.05) is 6.92 Å². The third-order valence-electron chi connectivity index (χ3n) is 2.11. The molecule has 5 nitrogen and oxygen atoms in total. The Kier molecular flexibility index (Phi) is 4.22. The second kappa shape index (κ2) is 5.27. The Bertz CT molecular complexity index is 426. The number of ether oxygens (including phenoxy) is 1. The van der Waals surface area contributed by atoms with Gasteiger partial charge in [0.15, 0.2) is 5.78 Å². The molecule has 0 radical (unpaired) electrons. The topological polar surface area (TPSA) is 82.3 Å². The number of hydrogen-bond acceptors (Lipinski definition) is 5. The summed E-state index contributed by atoms with van der Waals surface area (Å²) in [6.07, 6.45) is 0.0681. The van der Waals surface area contributed by atoms with Crippen LogP contribution in [0.5, 0.6) is 0 Å². The molecular weight excluding hydrogens is 240 g/mol. The molecule has 1 amide bonds. The number of rotatable bonds is 5. The molecule has 1 rings (SSSR count). The molecule has 17 heavy (non-hydrogen) atoms. The standard InChI is InChI=1S/C11H16N2O3S/c1-4-8(14)7-6-17-9(13-7)5-11(2,3)16-10(12)15/h6H,4-5H2,1-3H3,(H2,12,15). The van der Waals surface area contributed by atoms with E-state index >= 15 is 0 Å². The number of carbonyl (C=O) groups is 2. The summed E-state index contributed by atoms with van der Waals surface area (Å²) in [7, 11) is 0. The highest BCUT2D eigenvalue weighted by Crippen LogP contribution is 2.20. The number of nitrogens with two attached hydrogens (primary N) is 1. The highest BCUT2D eigenvalue weighted by atomic mass is 32.1. The molecule has 0 atom stereocenters. The summed E-state index contributed by atoms with van der Waals surface area (Å²) in [5.74, 6) is 0.0149. The van der Waals surface area contributed by atoms with Crippen molar-refractivity contribution in [1.82, 2.24) is 4.98 Å². The molecule has 0 bridgehead atoms. The van der Waals surface area contributed by atoms with Crippen molar-refractivity contribution in [3.63, 3.8) is 0 Å². The second-order valence-corrected chi connectivity index (χ2v) is 5.20. The first kappa shape index (κ1) is 13.6. The number of nitrogens with zero attached hydrogens (tertiary/aromatic N) is 1. The Morgan fingerprint density at radius 1 is 1.53 bits per heavy atom. The van der Waals surface area contributed by atoms with Gasteiger partial charge in [0, 0.05) is 18.2 Å². The van der Waals surface area contributed by atoms with Crippen molar-refractivity contribution in [2.24, 2.45) is 5.73 Å². The minimum Gasteiger partial charge on any atom is -0.443 e. The van der Waals surface area contributed by atoms with Gasteiger partial charge in [-0.05, 0) is 13.8 Å². The molecule has 0 aliphatic heterocycles. The first-order valence-corrected chi connectivity index (χ1v) is 6.18. The molecule has 94 valence electrons. The van der Waals surface area contributed by atoms with Crippen LogP contribution in [0.2, 0.25) is 0 Å². The minimum atomic E-state index is -0.809. The lowest BCUT2D eigenvalue weighted by Crippen LogP contribution is -2.33. The van der Waals surface area contributed by atoms with Crippen molar-refractivity contribution >= 4 is 23.2 Å². The number of aromatic nitrogens is 1. The van der Waals surface area contributed by atoms with E-state index in [1.165, 1.54) is 11.3 Å². The molecule has 0 saturated carbocycles. The van der Waals surface area contributed by atoms with Gasteiger partial charge in [-0.25, -0.2) is 9.78 Å². The number of Topliss-reactive ketones (excluding diaryl/α,β-unsaturated/α-hetero) is 1. The van der Waals surface area contributed by atoms with Gasteiger partial charge in [0.05, 0.1) is 5.01 Å². The van der Waals surface area contributed by atoms with Gasteiger partial charge in [0.1, 0.15) is 11.3 Å². The zero-order valence-corrected chi connectivity index (χ0v) is 11.0. The largest absolute Gasteiger partial charge is 0.443 e. The molecule has 0 saturated heterocycles. The average Bonchev–Trinajstić information content (AvgIpc) is 2.61. The molecule has 2 N–H and O–H groups in total. The SMILES string of the molecule is CCC(=O)c1csc(CC(C)(C)OC(N)=O)n1. The lowest BCUT2D eigenvalue weighted by atomic mass is 10.1. The molecule has 1 aromatic rings. The Hall–Kier alpha value is -1.43. The fraction of sp³-hybridized carbons (Fsp3) is 0.545. The Balaban J connectivity index is 2.72. The van der Waals surface area contributed by atoms with E-state index < -0.39 is 11.7 Å². The van der Waals surface area contributed by atoms with E-state index in [2.05, 4.69) is 4.98 Å². The van der Waals surface area contributed by atoms with E-state index in [4.69, 9.17) is 10.5 Å². The van der Waals surface area contributed by atoms with Crippen molar-refractivity contribution in [2.75, 3.05) is 0 Å². The lowest BCUT2D eigenvalue weighted by Gasteiger charge is -2.22. The van der Waals surface area contributed by atoms with Gasteiger partial charge in [-0.15, -0.1) is 11.3 Å². The smallest absolute Gasteiger partial charge is 0.405 e. The summed E-state index contributed by atoms with van der Waals surface area (Å²) >= 11 is 1.38. The average molecular weight is 256 g/mol. The monoisotopic (exact) mass is 256 g/mol. The minimum absolute atomic E-state index is 0.0149. The van der Waals surface area contributed by atoms with Gasteiger partial charge < -0.3 is 10.5 Å². The maximum Gasteiger partial charge on any atom is 0.405 e. The van der Waals surface area contributed by atoms with Crippen LogP contribution in [-0.4, -0.2) is 22.5 Å². The maximum absolute atomic E-state index is 11.4. The summed E-state index contributed by atoms with van der Waals surface area (Å²) in [5, 5.41) is 2.48. The van der Waals surface area contributed by atoms with Crippen molar-refractivity contribution in [3.8, 4) is 0 Å². The zero-order chi connectivity index (χ0) is 13.1. The van der Waals surface area contributed by atoms with E-state index in [0.717, 1.165) is 5.01 Å². The molecule has 1 aromatic heterocycles. The molecule has 0 fully saturated rings. The van der Waals surface area contributed by atoms with Crippen LogP contribution in [-0.2, 0) is 11.2 Å². The fourth-order valence-electron chi connectivity index (χ4n) is 1.37. The van der Waals surface area contributed by atoms with Crippen molar-refractivity contribution in [3.05, 3.63) is 16.1 Å². The third-order valence-corrected chi connectivity index (χ3v) is 2.96. The quantitative estimate of drug-likeness (QED) is 0.818. The van der Waals surface area contributed by atoms with Crippen LogP contribution in [0.1, 0.15) is 42.7 Å². The van der Waals surface area contributed by atoms with Crippen LogP contribution in [0.15, 0.2) is 5.38 Å². The molecule has 0 aromatic carbocycles. The molecular formula is C11H16N2O3S. The Morgan fingerprint density at radius 3 is 2.71 bits per heavy atom. The molecule has 0 aliphatic rings. The molecule has 6 heteroatoms. The van der Waals surface area contributed by atoms with Crippen LogP contribution >= 0.6 is 11.3 Å². The molecule has 1 heterocycles. The molecule has 0 aliphatic carbocycles. The number of primary amides is 1. The molecule has 0 unspecified atom stereocenters. The number of carbonyl (C=O) groups excluding carboxylic acids is 2. The van der Waals surface area contributed by atoms with Crippen molar-refractivity contribution in [1.29, 1.82) is 0 Å². The number of hydrogen-bond donors (Lipinski definition) is 1. The van der Waals surface area contributed by atoms with E-state index in [-0.39, 0.29) is 5.78 Å². The van der Waals surface area contributed by atoms with Crippen molar-refractivity contribution < 1.29 is 14.3 Å². The van der Waals surface area contributed by atoms with Crippen LogP contribution in [0, 0.1) is 0 Å². The van der Waals surface area contributed by atoms with Crippen LogP contribution in [0.25, 0.3) is 0 Å². The third kappa shape index (κ3) is 4.14. The van der Waals surface area contributed by atoms with Gasteiger partial charge in [-0.2, -0.15) is 0 Å². The fourth-order valence-corrected chi connectivity index (χ4v) is 2.39. The van der Waals surface area contributed by atoms with Crippen LogP contribution in [0.4, 0.5) is 4.79 Å². The van der Waals surface area contributed by atoms with Crippen LogP contribution < -0.4 is 5.73 Å². The zero-order valence-electron chi connectivity index (χ0n) is 10.1. The maximum atomic E-state index is 11.4. The summed E-state index contributed by atoms with van der Waals surface area (Å²) in [6, 6.07) is 0. The predicted octanol–water partition coefficient (Wildman–Crippen LogP) is 2.15. The first-order chi connectivity index (χ1) is 7.84. The Labute approximate surface area is 104 Å². The number of ketones is 1. The molecule has 0 spiro atoms. The highest BCUT2D eigenvalue weighted by Gasteiger charge is 2.24.